The number of benzene rings is 1. The van der Waals surface area contributed by atoms with Crippen LogP contribution in [0.15, 0.2) is 12.1 Å². The monoisotopic (exact) mass is 269 g/mol. The van der Waals surface area contributed by atoms with E-state index in [-0.39, 0.29) is 11.5 Å². The van der Waals surface area contributed by atoms with Crippen LogP contribution in [0, 0.1) is 0 Å². The summed E-state index contributed by atoms with van der Waals surface area (Å²) >= 11 is 0. The number of hydrogen-bond donors (Lipinski definition) is 1. The number of piperidine rings is 1. The summed E-state index contributed by atoms with van der Waals surface area (Å²) in [4.78, 5) is 0. The van der Waals surface area contributed by atoms with Crippen LogP contribution in [0.25, 0.3) is 0 Å². The molecular weight excluding hydrogens is 252 g/mol. The Labute approximate surface area is 110 Å². The fraction of sp³-hybridized carbons (Fsp3) is 0.571. The van der Waals surface area contributed by atoms with Gasteiger partial charge in [-0.25, -0.2) is 8.78 Å². The van der Waals surface area contributed by atoms with E-state index in [1.54, 1.807) is 6.07 Å². The third-order valence-corrected chi connectivity index (χ3v) is 3.72. The molecule has 1 saturated heterocycles. The van der Waals surface area contributed by atoms with E-state index in [1.165, 1.54) is 6.07 Å². The third kappa shape index (κ3) is 2.52. The Morgan fingerprint density at radius 2 is 1.84 bits per heavy atom. The molecule has 1 aromatic rings. The highest BCUT2D eigenvalue weighted by molar-refractivity contribution is 5.52. The molecular formula is C14H17F2NO2. The molecule has 3 rings (SSSR count). The SMILES string of the molecule is FC(F)c1cc2c(c(C3CCNCC3)c1)OCCO2. The van der Waals surface area contributed by atoms with Crippen molar-refractivity contribution in [1.82, 2.24) is 5.32 Å². The number of ether oxygens (including phenoxy) is 2. The van der Waals surface area contributed by atoms with E-state index < -0.39 is 6.43 Å². The summed E-state index contributed by atoms with van der Waals surface area (Å²) in [6.45, 7) is 2.74. The average molecular weight is 269 g/mol. The molecule has 104 valence electrons. The molecule has 1 fully saturated rings. The third-order valence-electron chi connectivity index (χ3n) is 3.72. The quantitative estimate of drug-likeness (QED) is 0.895. The van der Waals surface area contributed by atoms with E-state index in [1.807, 2.05) is 0 Å². The second kappa shape index (κ2) is 5.33. The predicted molar refractivity (Wildman–Crippen MR) is 67.2 cm³/mol. The van der Waals surface area contributed by atoms with Gasteiger partial charge in [-0.2, -0.15) is 0 Å². The molecule has 2 aliphatic rings. The highest BCUT2D eigenvalue weighted by Crippen LogP contribution is 2.43. The van der Waals surface area contributed by atoms with Gasteiger partial charge in [0.05, 0.1) is 0 Å². The van der Waals surface area contributed by atoms with Crippen molar-refractivity contribution < 1.29 is 18.3 Å². The fourth-order valence-corrected chi connectivity index (χ4v) is 2.77. The molecule has 0 radical (unpaired) electrons. The molecule has 3 nitrogen and oxygen atoms in total. The fourth-order valence-electron chi connectivity index (χ4n) is 2.77. The maximum atomic E-state index is 13.0. The topological polar surface area (TPSA) is 30.5 Å². The van der Waals surface area contributed by atoms with Crippen LogP contribution in [0.2, 0.25) is 0 Å². The average Bonchev–Trinajstić information content (AvgIpc) is 2.47. The summed E-state index contributed by atoms with van der Waals surface area (Å²) in [5.41, 5.74) is 0.909. The van der Waals surface area contributed by atoms with Crippen LogP contribution in [0.3, 0.4) is 0 Å². The van der Waals surface area contributed by atoms with Crippen LogP contribution in [0.5, 0.6) is 11.5 Å². The molecule has 0 bridgehead atoms. The molecule has 0 saturated carbocycles. The molecule has 0 spiro atoms. The van der Waals surface area contributed by atoms with Gasteiger partial charge in [-0.05, 0) is 44.0 Å². The smallest absolute Gasteiger partial charge is 0.263 e. The van der Waals surface area contributed by atoms with Gasteiger partial charge in [0.2, 0.25) is 0 Å². The Kier molecular flexibility index (Phi) is 3.55. The summed E-state index contributed by atoms with van der Waals surface area (Å²) in [6, 6.07) is 3.00. The van der Waals surface area contributed by atoms with Gasteiger partial charge in [0.25, 0.3) is 6.43 Å². The number of halogens is 2. The Balaban J connectivity index is 2.01. The van der Waals surface area contributed by atoms with Gasteiger partial charge in [-0.1, -0.05) is 0 Å². The summed E-state index contributed by atoms with van der Waals surface area (Å²) < 4.78 is 37.1. The number of nitrogens with one attached hydrogen (secondary N) is 1. The van der Waals surface area contributed by atoms with Crippen LogP contribution < -0.4 is 14.8 Å². The maximum Gasteiger partial charge on any atom is 0.263 e. The molecule has 0 aliphatic carbocycles. The Bertz CT molecular complexity index is 459. The van der Waals surface area contributed by atoms with Crippen molar-refractivity contribution in [2.45, 2.75) is 25.2 Å². The molecule has 0 aromatic heterocycles. The first-order valence-electron chi connectivity index (χ1n) is 6.68. The molecule has 2 heterocycles. The second-order valence-electron chi connectivity index (χ2n) is 4.96. The first-order valence-corrected chi connectivity index (χ1v) is 6.68. The van der Waals surface area contributed by atoms with Gasteiger partial charge >= 0.3 is 0 Å². The Morgan fingerprint density at radius 3 is 2.58 bits per heavy atom. The Morgan fingerprint density at radius 1 is 1.11 bits per heavy atom. The van der Waals surface area contributed by atoms with Crippen molar-refractivity contribution in [2.75, 3.05) is 26.3 Å². The summed E-state index contributed by atoms with van der Waals surface area (Å²) in [6.07, 6.45) is -0.582. The molecule has 0 atom stereocenters. The van der Waals surface area contributed by atoms with Gasteiger partial charge in [-0.3, -0.25) is 0 Å². The van der Waals surface area contributed by atoms with E-state index in [0.29, 0.717) is 24.7 Å². The van der Waals surface area contributed by atoms with Crippen LogP contribution in [0.1, 0.15) is 36.3 Å². The van der Waals surface area contributed by atoms with Crippen LogP contribution >= 0.6 is 0 Å². The van der Waals surface area contributed by atoms with Crippen molar-refractivity contribution >= 4 is 0 Å². The molecule has 19 heavy (non-hydrogen) atoms. The van der Waals surface area contributed by atoms with Crippen molar-refractivity contribution in [3.8, 4) is 11.5 Å². The number of rotatable bonds is 2. The van der Waals surface area contributed by atoms with Gasteiger partial charge in [0.1, 0.15) is 13.2 Å². The van der Waals surface area contributed by atoms with Gasteiger partial charge < -0.3 is 14.8 Å². The zero-order valence-corrected chi connectivity index (χ0v) is 10.6. The predicted octanol–water partition coefficient (Wildman–Crippen LogP) is 2.86. The highest BCUT2D eigenvalue weighted by Gasteiger charge is 2.26. The summed E-state index contributed by atoms with van der Waals surface area (Å²) in [5.74, 6) is 1.41. The molecule has 1 aromatic carbocycles. The van der Waals surface area contributed by atoms with E-state index >= 15 is 0 Å². The Hall–Kier alpha value is -1.36. The second-order valence-corrected chi connectivity index (χ2v) is 4.96. The zero-order valence-electron chi connectivity index (χ0n) is 10.6. The number of fused-ring (bicyclic) bond motifs is 1. The summed E-state index contributed by atoms with van der Waals surface area (Å²) in [5, 5.41) is 3.28. The lowest BCUT2D eigenvalue weighted by molar-refractivity contribution is 0.146. The van der Waals surface area contributed by atoms with E-state index in [4.69, 9.17) is 9.47 Å². The summed E-state index contributed by atoms with van der Waals surface area (Å²) in [7, 11) is 0. The maximum absolute atomic E-state index is 13.0. The van der Waals surface area contributed by atoms with Crippen LogP contribution in [-0.4, -0.2) is 26.3 Å². The minimum Gasteiger partial charge on any atom is -0.486 e. The van der Waals surface area contributed by atoms with E-state index in [9.17, 15) is 8.78 Å². The first kappa shape index (κ1) is 12.7. The minimum atomic E-state index is -2.48. The van der Waals surface area contributed by atoms with Crippen molar-refractivity contribution in [3.63, 3.8) is 0 Å². The standard InChI is InChI=1S/C14H17F2NO2/c15-14(16)10-7-11(9-1-3-17-4-2-9)13-12(8-10)18-5-6-19-13/h7-9,14,17H,1-6H2. The first-order chi connectivity index (χ1) is 9.25. The lowest BCUT2D eigenvalue weighted by Crippen LogP contribution is -2.27. The van der Waals surface area contributed by atoms with E-state index in [2.05, 4.69) is 5.32 Å². The minimum absolute atomic E-state index is 0.0257. The normalized spacial score (nSPS) is 19.7. The highest BCUT2D eigenvalue weighted by atomic mass is 19.3. The number of alkyl halides is 2. The van der Waals surface area contributed by atoms with E-state index in [0.717, 1.165) is 31.5 Å². The van der Waals surface area contributed by atoms with Crippen molar-refractivity contribution in [2.24, 2.45) is 0 Å². The van der Waals surface area contributed by atoms with Crippen molar-refractivity contribution in [3.05, 3.63) is 23.3 Å². The van der Waals surface area contributed by atoms with Crippen molar-refractivity contribution in [1.29, 1.82) is 0 Å². The molecule has 5 heteroatoms. The lowest BCUT2D eigenvalue weighted by atomic mass is 9.88. The molecule has 0 unspecified atom stereocenters. The molecule has 2 aliphatic heterocycles. The largest absolute Gasteiger partial charge is 0.486 e. The van der Waals surface area contributed by atoms with Gasteiger partial charge in [0, 0.05) is 11.1 Å². The molecule has 1 N–H and O–H groups in total. The number of hydrogen-bond acceptors (Lipinski definition) is 3. The van der Waals surface area contributed by atoms with Crippen LogP contribution in [0.4, 0.5) is 8.78 Å². The molecule has 0 amide bonds. The zero-order chi connectivity index (χ0) is 13.2. The van der Waals surface area contributed by atoms with Gasteiger partial charge in [-0.15, -0.1) is 0 Å². The van der Waals surface area contributed by atoms with Crippen LogP contribution in [-0.2, 0) is 0 Å². The van der Waals surface area contributed by atoms with Gasteiger partial charge in [0.15, 0.2) is 11.5 Å². The lowest BCUT2D eigenvalue weighted by Gasteiger charge is -2.28.